The Labute approximate surface area is 153 Å². The molecule has 1 aliphatic rings. The first kappa shape index (κ1) is 18.8. The molecule has 1 heterocycles. The minimum atomic E-state index is -3.76. The first-order valence-corrected chi connectivity index (χ1v) is 10.2. The van der Waals surface area contributed by atoms with Crippen LogP contribution in [0, 0.1) is 5.82 Å². The summed E-state index contributed by atoms with van der Waals surface area (Å²) in [7, 11) is -2.14. The van der Waals surface area contributed by atoms with Crippen LogP contribution in [-0.2, 0) is 10.0 Å². The van der Waals surface area contributed by atoms with E-state index in [4.69, 9.17) is 4.74 Å². The average molecular weight is 379 g/mol. The maximum Gasteiger partial charge on any atom is 0.240 e. The van der Waals surface area contributed by atoms with Crippen molar-refractivity contribution in [1.82, 2.24) is 4.72 Å². The standard InChI is InChI=1S/C19H23FN2O3S/c1-25-17-9-7-15(8-10-17)19(22-11-2-3-12-22)14-21-26(23,24)18-6-4-5-16(20)13-18/h4-10,13,19,21H,2-3,11-12,14H2,1H3/p+1/t19-/m0/s1. The summed E-state index contributed by atoms with van der Waals surface area (Å²) in [4.78, 5) is 1.31. The molecule has 2 N–H and O–H groups in total. The number of halogens is 1. The van der Waals surface area contributed by atoms with E-state index < -0.39 is 15.8 Å². The second-order valence-electron chi connectivity index (χ2n) is 6.50. The Balaban J connectivity index is 1.79. The third kappa shape index (κ3) is 4.41. The maximum atomic E-state index is 13.4. The van der Waals surface area contributed by atoms with Crippen molar-refractivity contribution in [2.24, 2.45) is 0 Å². The summed E-state index contributed by atoms with van der Waals surface area (Å²) in [6, 6.07) is 12.8. The van der Waals surface area contributed by atoms with Gasteiger partial charge in [0.1, 0.15) is 17.6 Å². The van der Waals surface area contributed by atoms with Crippen LogP contribution in [0.3, 0.4) is 0 Å². The number of methoxy groups -OCH3 is 1. The van der Waals surface area contributed by atoms with Gasteiger partial charge in [-0.3, -0.25) is 0 Å². The molecule has 1 atom stereocenters. The molecule has 0 aliphatic carbocycles. The molecule has 0 saturated carbocycles. The molecule has 3 rings (SSSR count). The number of nitrogens with one attached hydrogen (secondary N) is 2. The van der Waals surface area contributed by atoms with Gasteiger partial charge in [0, 0.05) is 18.4 Å². The number of sulfonamides is 1. The van der Waals surface area contributed by atoms with Gasteiger partial charge in [-0.05, 0) is 42.5 Å². The zero-order valence-electron chi connectivity index (χ0n) is 14.7. The van der Waals surface area contributed by atoms with Crippen LogP contribution in [0.5, 0.6) is 5.75 Å². The number of hydrogen-bond acceptors (Lipinski definition) is 3. The molecule has 7 heteroatoms. The van der Waals surface area contributed by atoms with Gasteiger partial charge >= 0.3 is 0 Å². The second-order valence-corrected chi connectivity index (χ2v) is 8.27. The summed E-state index contributed by atoms with van der Waals surface area (Å²) in [6.07, 6.45) is 2.28. The lowest BCUT2D eigenvalue weighted by atomic mass is 10.1. The van der Waals surface area contributed by atoms with E-state index in [1.807, 2.05) is 24.3 Å². The molecule has 1 aliphatic heterocycles. The van der Waals surface area contributed by atoms with Gasteiger partial charge in [0.2, 0.25) is 10.0 Å². The molecule has 2 aromatic rings. The summed E-state index contributed by atoms with van der Waals surface area (Å²) >= 11 is 0. The molecule has 140 valence electrons. The largest absolute Gasteiger partial charge is 0.497 e. The number of benzene rings is 2. The van der Waals surface area contributed by atoms with Gasteiger partial charge in [0.15, 0.2) is 0 Å². The van der Waals surface area contributed by atoms with Crippen LogP contribution in [-0.4, -0.2) is 35.2 Å². The highest BCUT2D eigenvalue weighted by atomic mass is 32.2. The minimum Gasteiger partial charge on any atom is -0.497 e. The Morgan fingerprint density at radius 2 is 1.85 bits per heavy atom. The van der Waals surface area contributed by atoms with Gasteiger partial charge in [-0.25, -0.2) is 17.5 Å². The van der Waals surface area contributed by atoms with Crippen molar-refractivity contribution in [3.63, 3.8) is 0 Å². The molecule has 2 aromatic carbocycles. The summed E-state index contributed by atoms with van der Waals surface area (Å²) in [6.45, 7) is 2.29. The highest BCUT2D eigenvalue weighted by molar-refractivity contribution is 7.89. The molecule has 5 nitrogen and oxygen atoms in total. The van der Waals surface area contributed by atoms with Gasteiger partial charge in [-0.15, -0.1) is 0 Å². The predicted molar refractivity (Wildman–Crippen MR) is 97.3 cm³/mol. The van der Waals surface area contributed by atoms with Crippen molar-refractivity contribution in [2.45, 2.75) is 23.8 Å². The van der Waals surface area contributed by atoms with Crippen LogP contribution in [0.15, 0.2) is 53.4 Å². The molecule has 0 bridgehead atoms. The van der Waals surface area contributed by atoms with Crippen molar-refractivity contribution in [3.8, 4) is 5.75 Å². The lowest BCUT2D eigenvalue weighted by Gasteiger charge is -2.25. The highest BCUT2D eigenvalue weighted by Crippen LogP contribution is 2.17. The van der Waals surface area contributed by atoms with E-state index in [1.165, 1.54) is 23.1 Å². The van der Waals surface area contributed by atoms with Crippen molar-refractivity contribution >= 4 is 10.0 Å². The van der Waals surface area contributed by atoms with E-state index in [0.29, 0.717) is 0 Å². The molecular formula is C19H24FN2O3S+. The predicted octanol–water partition coefficient (Wildman–Crippen LogP) is 1.53. The molecule has 1 fully saturated rings. The van der Waals surface area contributed by atoms with Crippen molar-refractivity contribution in [1.29, 1.82) is 0 Å². The number of hydrogen-bond donors (Lipinski definition) is 2. The van der Waals surface area contributed by atoms with Crippen LogP contribution in [0.1, 0.15) is 24.4 Å². The van der Waals surface area contributed by atoms with Gasteiger partial charge in [-0.2, -0.15) is 0 Å². The van der Waals surface area contributed by atoms with Gasteiger partial charge in [0.25, 0.3) is 0 Å². The van der Waals surface area contributed by atoms with E-state index in [2.05, 4.69) is 4.72 Å². The van der Waals surface area contributed by atoms with E-state index in [0.717, 1.165) is 43.3 Å². The Kier molecular flexibility index (Phi) is 5.90. The summed E-state index contributed by atoms with van der Waals surface area (Å²) < 4.78 is 46.3. The smallest absolute Gasteiger partial charge is 0.240 e. The number of quaternary nitrogens is 1. The Morgan fingerprint density at radius 1 is 1.15 bits per heavy atom. The summed E-state index contributed by atoms with van der Waals surface area (Å²) in [5.74, 6) is 0.203. The number of likely N-dealkylation sites (tertiary alicyclic amines) is 1. The first-order valence-electron chi connectivity index (χ1n) is 8.73. The van der Waals surface area contributed by atoms with E-state index in [9.17, 15) is 12.8 Å². The van der Waals surface area contributed by atoms with Crippen LogP contribution in [0.25, 0.3) is 0 Å². The second kappa shape index (κ2) is 8.16. The zero-order valence-corrected chi connectivity index (χ0v) is 15.6. The lowest BCUT2D eigenvalue weighted by molar-refractivity contribution is -0.918. The van der Waals surface area contributed by atoms with Crippen molar-refractivity contribution < 1.29 is 22.4 Å². The van der Waals surface area contributed by atoms with E-state index >= 15 is 0 Å². The van der Waals surface area contributed by atoms with Gasteiger partial charge in [-0.1, -0.05) is 6.07 Å². The lowest BCUT2D eigenvalue weighted by Crippen LogP contribution is -3.11. The quantitative estimate of drug-likeness (QED) is 0.767. The van der Waals surface area contributed by atoms with Crippen LogP contribution >= 0.6 is 0 Å². The molecule has 26 heavy (non-hydrogen) atoms. The van der Waals surface area contributed by atoms with Crippen LogP contribution < -0.4 is 14.4 Å². The fourth-order valence-electron chi connectivity index (χ4n) is 3.42. The molecule has 0 spiro atoms. The number of rotatable bonds is 7. The number of ether oxygens (including phenoxy) is 1. The zero-order chi connectivity index (χ0) is 18.6. The molecular weight excluding hydrogens is 355 g/mol. The van der Waals surface area contributed by atoms with Gasteiger partial charge < -0.3 is 9.64 Å². The fraction of sp³-hybridized carbons (Fsp3) is 0.368. The topological polar surface area (TPSA) is 59.8 Å². The SMILES string of the molecule is COc1ccc([C@H](CNS(=O)(=O)c2cccc(F)c2)[NH+]2CCCC2)cc1. The maximum absolute atomic E-state index is 13.4. The van der Waals surface area contributed by atoms with E-state index in [-0.39, 0.29) is 17.5 Å². The molecule has 0 amide bonds. The monoisotopic (exact) mass is 379 g/mol. The molecule has 1 saturated heterocycles. The third-order valence-corrected chi connectivity index (χ3v) is 6.26. The Bertz CT molecular complexity index is 834. The van der Waals surface area contributed by atoms with Gasteiger partial charge in [0.05, 0.1) is 31.6 Å². The average Bonchev–Trinajstić information content (AvgIpc) is 3.17. The first-order chi connectivity index (χ1) is 12.5. The normalized spacial score (nSPS) is 16.5. The van der Waals surface area contributed by atoms with Crippen molar-refractivity contribution in [3.05, 3.63) is 59.9 Å². The summed E-state index contributed by atoms with van der Waals surface area (Å²) in [5.41, 5.74) is 1.06. The minimum absolute atomic E-state index is 0.00624. The van der Waals surface area contributed by atoms with E-state index in [1.54, 1.807) is 7.11 Å². The van der Waals surface area contributed by atoms with Crippen LogP contribution in [0.2, 0.25) is 0 Å². The van der Waals surface area contributed by atoms with Crippen molar-refractivity contribution in [2.75, 3.05) is 26.7 Å². The molecule has 0 aromatic heterocycles. The fourth-order valence-corrected chi connectivity index (χ4v) is 4.50. The highest BCUT2D eigenvalue weighted by Gasteiger charge is 2.29. The Morgan fingerprint density at radius 3 is 2.46 bits per heavy atom. The Hall–Kier alpha value is -1.96. The third-order valence-electron chi connectivity index (χ3n) is 4.84. The van der Waals surface area contributed by atoms with Crippen LogP contribution in [0.4, 0.5) is 4.39 Å². The molecule has 0 unspecified atom stereocenters. The summed E-state index contributed by atoms with van der Waals surface area (Å²) in [5, 5.41) is 0. The molecule has 0 radical (unpaired) electrons.